The van der Waals surface area contributed by atoms with Gasteiger partial charge in [-0.1, -0.05) is 30.3 Å². The predicted octanol–water partition coefficient (Wildman–Crippen LogP) is 2.80. The maximum atomic E-state index is 9.88. The lowest BCUT2D eigenvalue weighted by atomic mass is 10.3. The van der Waals surface area contributed by atoms with E-state index in [-0.39, 0.29) is 6.61 Å². The number of aliphatic hydroxyl groups is 1. The maximum Gasteiger partial charge on any atom is 0.119 e. The van der Waals surface area contributed by atoms with Gasteiger partial charge in [-0.25, -0.2) is 0 Å². The fourth-order valence-corrected chi connectivity index (χ4v) is 2.43. The Balaban J connectivity index is 1.76. The molecule has 0 amide bonds. The number of ether oxygens (including phenoxy) is 1. The average molecular weight is 275 g/mol. The molecule has 0 bridgehead atoms. The molecule has 3 nitrogen and oxygen atoms in total. The molecule has 0 heterocycles. The number of aliphatic hydroxyl groups excluding tert-OH is 1. The van der Waals surface area contributed by atoms with Crippen LogP contribution in [0.5, 0.6) is 5.75 Å². The van der Waals surface area contributed by atoms with Crippen LogP contribution in [-0.4, -0.2) is 23.6 Å². The van der Waals surface area contributed by atoms with Crippen molar-refractivity contribution in [2.24, 2.45) is 0 Å². The predicted molar refractivity (Wildman–Crippen MR) is 79.5 cm³/mol. The van der Waals surface area contributed by atoms with Gasteiger partial charge in [-0.05, 0) is 24.3 Å². The van der Waals surface area contributed by atoms with Gasteiger partial charge in [0.25, 0.3) is 0 Å². The lowest BCUT2D eigenvalue weighted by Gasteiger charge is -2.12. The van der Waals surface area contributed by atoms with E-state index in [0.29, 0.717) is 5.75 Å². The third kappa shape index (κ3) is 4.50. The Kier molecular flexibility index (Phi) is 5.12. The molecule has 4 heteroatoms. The van der Waals surface area contributed by atoms with Gasteiger partial charge in [0.05, 0.1) is 6.10 Å². The Morgan fingerprint density at radius 3 is 2.47 bits per heavy atom. The normalized spacial score (nSPS) is 12.1. The molecule has 0 aliphatic carbocycles. The first-order valence-corrected chi connectivity index (χ1v) is 7.07. The molecule has 3 N–H and O–H groups in total. The monoisotopic (exact) mass is 275 g/mol. The van der Waals surface area contributed by atoms with E-state index in [2.05, 4.69) is 0 Å². The highest BCUT2D eigenvalue weighted by atomic mass is 32.2. The number of thioether (sulfide) groups is 1. The lowest BCUT2D eigenvalue weighted by molar-refractivity contribution is 0.126. The topological polar surface area (TPSA) is 55.5 Å². The van der Waals surface area contributed by atoms with Crippen molar-refractivity contribution in [3.8, 4) is 5.75 Å². The molecule has 0 aliphatic heterocycles. The van der Waals surface area contributed by atoms with Crippen LogP contribution in [0.2, 0.25) is 0 Å². The molecule has 19 heavy (non-hydrogen) atoms. The summed E-state index contributed by atoms with van der Waals surface area (Å²) in [7, 11) is 0. The van der Waals surface area contributed by atoms with Crippen LogP contribution < -0.4 is 10.5 Å². The Bertz CT molecular complexity index is 505. The second-order valence-corrected chi connectivity index (χ2v) is 5.19. The number of hydrogen-bond donors (Lipinski definition) is 2. The molecule has 0 saturated heterocycles. The van der Waals surface area contributed by atoms with E-state index in [1.807, 2.05) is 54.6 Å². The van der Waals surface area contributed by atoms with Gasteiger partial charge in [-0.15, -0.1) is 11.8 Å². The Morgan fingerprint density at radius 2 is 1.74 bits per heavy atom. The zero-order valence-corrected chi connectivity index (χ0v) is 11.3. The molecule has 0 saturated carbocycles. The van der Waals surface area contributed by atoms with Gasteiger partial charge >= 0.3 is 0 Å². The Labute approximate surface area is 117 Å². The number of para-hydroxylation sites is 2. The van der Waals surface area contributed by atoms with Crippen LogP contribution in [0.25, 0.3) is 0 Å². The molecule has 2 aromatic carbocycles. The van der Waals surface area contributed by atoms with E-state index in [0.717, 1.165) is 16.3 Å². The minimum Gasteiger partial charge on any atom is -0.491 e. The van der Waals surface area contributed by atoms with Gasteiger partial charge < -0.3 is 15.6 Å². The zero-order valence-electron chi connectivity index (χ0n) is 10.5. The molecule has 1 atom stereocenters. The highest BCUT2D eigenvalue weighted by molar-refractivity contribution is 7.99. The number of nitrogen functional groups attached to an aromatic ring is 1. The van der Waals surface area contributed by atoms with Gasteiger partial charge in [-0.2, -0.15) is 0 Å². The molecule has 0 spiro atoms. The minimum atomic E-state index is -0.523. The number of hydrogen-bond acceptors (Lipinski definition) is 4. The van der Waals surface area contributed by atoms with Crippen molar-refractivity contribution in [3.05, 3.63) is 54.6 Å². The van der Waals surface area contributed by atoms with Crippen molar-refractivity contribution in [1.29, 1.82) is 0 Å². The van der Waals surface area contributed by atoms with Crippen LogP contribution in [0.3, 0.4) is 0 Å². The van der Waals surface area contributed by atoms with E-state index >= 15 is 0 Å². The molecule has 2 aromatic rings. The fourth-order valence-electron chi connectivity index (χ4n) is 1.56. The van der Waals surface area contributed by atoms with Crippen LogP contribution >= 0.6 is 11.8 Å². The summed E-state index contributed by atoms with van der Waals surface area (Å²) in [6.07, 6.45) is -0.523. The van der Waals surface area contributed by atoms with E-state index < -0.39 is 6.10 Å². The van der Waals surface area contributed by atoms with Crippen molar-refractivity contribution in [2.75, 3.05) is 18.1 Å². The molecule has 0 radical (unpaired) electrons. The highest BCUT2D eigenvalue weighted by Crippen LogP contribution is 2.25. The van der Waals surface area contributed by atoms with Crippen molar-refractivity contribution < 1.29 is 9.84 Å². The second kappa shape index (κ2) is 7.07. The van der Waals surface area contributed by atoms with Crippen LogP contribution in [0.4, 0.5) is 5.69 Å². The SMILES string of the molecule is Nc1ccccc1SCC(O)COc1ccccc1. The number of nitrogens with two attached hydrogens (primary N) is 1. The summed E-state index contributed by atoms with van der Waals surface area (Å²) in [6, 6.07) is 17.1. The highest BCUT2D eigenvalue weighted by Gasteiger charge is 2.07. The molecule has 100 valence electrons. The van der Waals surface area contributed by atoms with Gasteiger partial charge in [0, 0.05) is 16.3 Å². The number of benzene rings is 2. The maximum absolute atomic E-state index is 9.88. The molecular formula is C15H17NO2S. The quantitative estimate of drug-likeness (QED) is 0.629. The second-order valence-electron chi connectivity index (χ2n) is 4.13. The molecule has 1 unspecified atom stereocenters. The largest absolute Gasteiger partial charge is 0.491 e. The number of rotatable bonds is 6. The molecular weight excluding hydrogens is 258 g/mol. The van der Waals surface area contributed by atoms with E-state index in [9.17, 15) is 5.11 Å². The van der Waals surface area contributed by atoms with Crippen LogP contribution in [0.15, 0.2) is 59.5 Å². The number of anilines is 1. The minimum absolute atomic E-state index is 0.281. The molecule has 2 rings (SSSR count). The van der Waals surface area contributed by atoms with Gasteiger partial charge in [0.2, 0.25) is 0 Å². The van der Waals surface area contributed by atoms with E-state index in [4.69, 9.17) is 10.5 Å². The first-order valence-electron chi connectivity index (χ1n) is 6.09. The fraction of sp³-hybridized carbons (Fsp3) is 0.200. The third-order valence-corrected chi connectivity index (χ3v) is 3.77. The first-order chi connectivity index (χ1) is 9.25. The standard InChI is InChI=1S/C15H17NO2S/c16-14-8-4-5-9-15(14)19-11-12(17)10-18-13-6-2-1-3-7-13/h1-9,12,17H,10-11,16H2. The van der Waals surface area contributed by atoms with Crippen molar-refractivity contribution in [1.82, 2.24) is 0 Å². The lowest BCUT2D eigenvalue weighted by Crippen LogP contribution is -2.20. The smallest absolute Gasteiger partial charge is 0.119 e. The molecule has 0 aliphatic rings. The van der Waals surface area contributed by atoms with Gasteiger partial charge in [0.15, 0.2) is 0 Å². The van der Waals surface area contributed by atoms with Crippen molar-refractivity contribution in [3.63, 3.8) is 0 Å². The summed E-state index contributed by atoms with van der Waals surface area (Å²) in [5, 5.41) is 9.88. The third-order valence-electron chi connectivity index (χ3n) is 2.54. The van der Waals surface area contributed by atoms with Crippen LogP contribution in [-0.2, 0) is 0 Å². The molecule has 0 fully saturated rings. The van der Waals surface area contributed by atoms with Gasteiger partial charge in [-0.3, -0.25) is 0 Å². The van der Waals surface area contributed by atoms with Crippen LogP contribution in [0, 0.1) is 0 Å². The first kappa shape index (κ1) is 13.8. The van der Waals surface area contributed by atoms with E-state index in [1.54, 1.807) is 0 Å². The van der Waals surface area contributed by atoms with Gasteiger partial charge in [0.1, 0.15) is 12.4 Å². The molecule has 0 aromatic heterocycles. The average Bonchev–Trinajstić information content (AvgIpc) is 2.45. The Morgan fingerprint density at radius 1 is 1.05 bits per heavy atom. The summed E-state index contributed by atoms with van der Waals surface area (Å²) in [6.45, 7) is 0.281. The van der Waals surface area contributed by atoms with E-state index in [1.165, 1.54) is 11.8 Å². The zero-order chi connectivity index (χ0) is 13.5. The summed E-state index contributed by atoms with van der Waals surface area (Å²) in [4.78, 5) is 0.987. The van der Waals surface area contributed by atoms with Crippen molar-refractivity contribution >= 4 is 17.4 Å². The van der Waals surface area contributed by atoms with Crippen LogP contribution in [0.1, 0.15) is 0 Å². The summed E-state index contributed by atoms with van der Waals surface area (Å²) in [5.74, 6) is 1.33. The summed E-state index contributed by atoms with van der Waals surface area (Å²) < 4.78 is 5.49. The van der Waals surface area contributed by atoms with Crippen molar-refractivity contribution in [2.45, 2.75) is 11.0 Å². The Hall–Kier alpha value is -1.65. The summed E-state index contributed by atoms with van der Waals surface area (Å²) in [5.41, 5.74) is 6.58. The summed E-state index contributed by atoms with van der Waals surface area (Å²) >= 11 is 1.54.